The van der Waals surface area contributed by atoms with E-state index in [1.54, 1.807) is 11.3 Å². The van der Waals surface area contributed by atoms with Crippen LogP contribution in [0, 0.1) is 5.92 Å². The minimum Gasteiger partial charge on any atom is -0.351 e. The van der Waals surface area contributed by atoms with Crippen LogP contribution in [0.1, 0.15) is 25.8 Å². The molecule has 0 radical (unpaired) electrons. The van der Waals surface area contributed by atoms with Crippen LogP contribution in [0.5, 0.6) is 0 Å². The van der Waals surface area contributed by atoms with Gasteiger partial charge in [-0.2, -0.15) is 11.3 Å². The number of carbonyl (C=O) groups is 1. The maximum atomic E-state index is 11.9. The Kier molecular flexibility index (Phi) is 4.18. The van der Waals surface area contributed by atoms with Crippen molar-refractivity contribution in [3.05, 3.63) is 22.4 Å². The normalized spacial score (nSPS) is 28.9. The van der Waals surface area contributed by atoms with Crippen molar-refractivity contribution < 1.29 is 4.79 Å². The first kappa shape index (κ1) is 12.6. The average molecular weight is 252 g/mol. The van der Waals surface area contributed by atoms with E-state index in [0.29, 0.717) is 18.4 Å². The minimum absolute atomic E-state index is 0.135. The number of hydrogen-bond acceptors (Lipinski definition) is 3. The highest BCUT2D eigenvalue weighted by Crippen LogP contribution is 2.16. The molecule has 1 fully saturated rings. The average Bonchev–Trinajstić information content (AvgIpc) is 2.76. The monoisotopic (exact) mass is 252 g/mol. The molecule has 1 amide bonds. The van der Waals surface area contributed by atoms with E-state index >= 15 is 0 Å². The van der Waals surface area contributed by atoms with Crippen molar-refractivity contribution in [2.45, 2.75) is 38.8 Å². The maximum Gasteiger partial charge on any atom is 0.224 e. The number of hydrogen-bond donors (Lipinski definition) is 2. The summed E-state index contributed by atoms with van der Waals surface area (Å²) in [5, 5.41) is 10.6. The van der Waals surface area contributed by atoms with Crippen molar-refractivity contribution in [2.75, 3.05) is 6.54 Å². The zero-order chi connectivity index (χ0) is 12.3. The number of carbonyl (C=O) groups excluding carboxylic acids is 1. The Bertz CT molecular complexity index is 354. The lowest BCUT2D eigenvalue weighted by atomic mass is 9.89. The van der Waals surface area contributed by atoms with E-state index in [1.165, 1.54) is 0 Å². The van der Waals surface area contributed by atoms with Crippen LogP contribution in [0.2, 0.25) is 0 Å². The van der Waals surface area contributed by atoms with Gasteiger partial charge in [-0.3, -0.25) is 4.79 Å². The molecular formula is C13H20N2OS. The largest absolute Gasteiger partial charge is 0.351 e. The van der Waals surface area contributed by atoms with Gasteiger partial charge in [-0.1, -0.05) is 6.92 Å². The summed E-state index contributed by atoms with van der Waals surface area (Å²) < 4.78 is 0. The van der Waals surface area contributed by atoms with Gasteiger partial charge in [0, 0.05) is 12.1 Å². The summed E-state index contributed by atoms with van der Waals surface area (Å²) in [7, 11) is 0. The first-order chi connectivity index (χ1) is 8.16. The summed E-state index contributed by atoms with van der Waals surface area (Å²) in [5.74, 6) is 0.688. The van der Waals surface area contributed by atoms with E-state index in [-0.39, 0.29) is 11.9 Å². The van der Waals surface area contributed by atoms with Crippen LogP contribution >= 0.6 is 11.3 Å². The smallest absolute Gasteiger partial charge is 0.224 e. The lowest BCUT2D eigenvalue weighted by Gasteiger charge is -2.36. The predicted octanol–water partition coefficient (Wildman–Crippen LogP) is 1.79. The highest BCUT2D eigenvalue weighted by atomic mass is 32.1. The zero-order valence-electron chi connectivity index (χ0n) is 10.4. The van der Waals surface area contributed by atoms with Crippen LogP contribution in [-0.4, -0.2) is 24.5 Å². The third-order valence-corrected chi connectivity index (χ3v) is 4.22. The fourth-order valence-electron chi connectivity index (χ4n) is 2.42. The topological polar surface area (TPSA) is 41.1 Å². The molecule has 1 aromatic heterocycles. The summed E-state index contributed by atoms with van der Waals surface area (Å²) in [6.07, 6.45) is 1.63. The van der Waals surface area contributed by atoms with E-state index in [1.807, 2.05) is 16.8 Å². The molecule has 0 spiro atoms. The second-order valence-corrected chi connectivity index (χ2v) is 5.69. The maximum absolute atomic E-state index is 11.9. The molecular weight excluding hydrogens is 232 g/mol. The van der Waals surface area contributed by atoms with E-state index in [0.717, 1.165) is 18.5 Å². The van der Waals surface area contributed by atoms with E-state index < -0.39 is 0 Å². The van der Waals surface area contributed by atoms with Crippen molar-refractivity contribution in [3.63, 3.8) is 0 Å². The highest BCUT2D eigenvalue weighted by Gasteiger charge is 2.28. The SMILES string of the molecule is CC1CCNC(C)C1NC(=O)Cc1ccsc1. The second kappa shape index (κ2) is 5.65. The molecule has 3 atom stereocenters. The number of amides is 1. The van der Waals surface area contributed by atoms with Crippen LogP contribution in [0.25, 0.3) is 0 Å². The Hall–Kier alpha value is -0.870. The zero-order valence-corrected chi connectivity index (χ0v) is 11.2. The Labute approximate surface area is 107 Å². The molecule has 2 N–H and O–H groups in total. The number of thiophene rings is 1. The molecule has 94 valence electrons. The molecule has 0 saturated carbocycles. The van der Waals surface area contributed by atoms with Gasteiger partial charge in [0.05, 0.1) is 6.42 Å². The van der Waals surface area contributed by atoms with Gasteiger partial charge in [0.25, 0.3) is 0 Å². The van der Waals surface area contributed by atoms with Crippen LogP contribution < -0.4 is 10.6 Å². The Morgan fingerprint density at radius 2 is 2.41 bits per heavy atom. The molecule has 1 aromatic rings. The van der Waals surface area contributed by atoms with Crippen LogP contribution in [0.3, 0.4) is 0 Å². The molecule has 4 heteroatoms. The van der Waals surface area contributed by atoms with Gasteiger partial charge >= 0.3 is 0 Å². The molecule has 1 aliphatic heterocycles. The molecule has 17 heavy (non-hydrogen) atoms. The lowest BCUT2D eigenvalue weighted by molar-refractivity contribution is -0.121. The van der Waals surface area contributed by atoms with Crippen LogP contribution in [0.4, 0.5) is 0 Å². The van der Waals surface area contributed by atoms with Crippen LogP contribution in [0.15, 0.2) is 16.8 Å². The second-order valence-electron chi connectivity index (χ2n) is 4.91. The van der Waals surface area contributed by atoms with Crippen molar-refractivity contribution in [1.82, 2.24) is 10.6 Å². The van der Waals surface area contributed by atoms with Gasteiger partial charge in [0.2, 0.25) is 5.91 Å². The molecule has 3 nitrogen and oxygen atoms in total. The van der Waals surface area contributed by atoms with Crippen molar-refractivity contribution in [1.29, 1.82) is 0 Å². The van der Waals surface area contributed by atoms with Gasteiger partial charge in [0.1, 0.15) is 0 Å². The third kappa shape index (κ3) is 3.30. The van der Waals surface area contributed by atoms with E-state index in [4.69, 9.17) is 0 Å². The Morgan fingerprint density at radius 1 is 1.59 bits per heavy atom. The summed E-state index contributed by atoms with van der Waals surface area (Å²) >= 11 is 1.64. The predicted molar refractivity (Wildman–Crippen MR) is 71.2 cm³/mol. The summed E-state index contributed by atoms with van der Waals surface area (Å²) in [6.45, 7) is 5.41. The van der Waals surface area contributed by atoms with Gasteiger partial charge in [-0.05, 0) is 48.2 Å². The number of piperidine rings is 1. The van der Waals surface area contributed by atoms with Gasteiger partial charge in [-0.25, -0.2) is 0 Å². The fourth-order valence-corrected chi connectivity index (χ4v) is 3.09. The lowest BCUT2D eigenvalue weighted by Crippen LogP contribution is -2.56. The number of rotatable bonds is 3. The van der Waals surface area contributed by atoms with E-state index in [9.17, 15) is 4.79 Å². The number of nitrogens with one attached hydrogen (secondary N) is 2. The molecule has 0 aliphatic carbocycles. The quantitative estimate of drug-likeness (QED) is 0.861. The molecule has 0 aromatic carbocycles. The van der Waals surface area contributed by atoms with Gasteiger partial charge in [-0.15, -0.1) is 0 Å². The molecule has 3 unspecified atom stereocenters. The highest BCUT2D eigenvalue weighted by molar-refractivity contribution is 7.07. The molecule has 1 aliphatic rings. The Morgan fingerprint density at radius 3 is 3.06 bits per heavy atom. The summed E-state index contributed by atoms with van der Waals surface area (Å²) in [5.41, 5.74) is 1.11. The van der Waals surface area contributed by atoms with Crippen LogP contribution in [-0.2, 0) is 11.2 Å². The van der Waals surface area contributed by atoms with Crippen molar-refractivity contribution >= 4 is 17.2 Å². The minimum atomic E-state index is 0.135. The molecule has 2 heterocycles. The van der Waals surface area contributed by atoms with Gasteiger partial charge in [0.15, 0.2) is 0 Å². The third-order valence-electron chi connectivity index (χ3n) is 3.49. The summed E-state index contributed by atoms with van der Waals surface area (Å²) in [6, 6.07) is 2.64. The van der Waals surface area contributed by atoms with Crippen molar-refractivity contribution in [2.24, 2.45) is 5.92 Å². The molecule has 1 saturated heterocycles. The van der Waals surface area contributed by atoms with Crippen molar-refractivity contribution in [3.8, 4) is 0 Å². The van der Waals surface area contributed by atoms with E-state index in [2.05, 4.69) is 24.5 Å². The molecule has 0 bridgehead atoms. The fraction of sp³-hybridized carbons (Fsp3) is 0.615. The molecule has 2 rings (SSSR count). The van der Waals surface area contributed by atoms with Gasteiger partial charge < -0.3 is 10.6 Å². The standard InChI is InChI=1S/C13H20N2OS/c1-9-3-5-14-10(2)13(9)15-12(16)7-11-4-6-17-8-11/h4,6,8-10,13-14H,3,5,7H2,1-2H3,(H,15,16). The Balaban J connectivity index is 1.88. The first-order valence-electron chi connectivity index (χ1n) is 6.20. The summed E-state index contributed by atoms with van der Waals surface area (Å²) in [4.78, 5) is 11.9. The first-order valence-corrected chi connectivity index (χ1v) is 7.15.